The number of anilines is 1. The first-order valence-corrected chi connectivity index (χ1v) is 8.00. The molecule has 4 nitrogen and oxygen atoms in total. The number of carbonyl (C=O) groups excluding carboxylic acids is 1. The molecule has 3 rings (SSSR count). The van der Waals surface area contributed by atoms with Crippen molar-refractivity contribution in [1.82, 2.24) is 0 Å². The molecule has 0 aromatic heterocycles. The van der Waals surface area contributed by atoms with E-state index in [1.807, 2.05) is 25.1 Å². The lowest BCUT2D eigenvalue weighted by molar-refractivity contribution is -0.907. The molecular weight excluding hydrogens is 288 g/mol. The summed E-state index contributed by atoms with van der Waals surface area (Å²) in [6.45, 7) is 4.39. The Bertz CT molecular complexity index is 712. The summed E-state index contributed by atoms with van der Waals surface area (Å²) in [4.78, 5) is 13.7. The molecule has 0 saturated carbocycles. The van der Waals surface area contributed by atoms with E-state index in [9.17, 15) is 4.79 Å². The average molecular weight is 311 g/mol. The quantitative estimate of drug-likeness (QED) is 0.900. The van der Waals surface area contributed by atoms with Gasteiger partial charge in [-0.25, -0.2) is 0 Å². The second-order valence-corrected chi connectivity index (χ2v) is 6.12. The van der Waals surface area contributed by atoms with Gasteiger partial charge >= 0.3 is 0 Å². The summed E-state index contributed by atoms with van der Waals surface area (Å²) in [5, 5.41) is 2.99. The standard InChI is InChI=1S/C19H22N2O2/c1-14-7-8-18(23-2)17(11-14)20-19(22)13-21-10-9-15-5-3-4-6-16(15)12-21/h3-8,11H,9-10,12-13H2,1-2H3,(H,20,22)/p+1. The van der Waals surface area contributed by atoms with Crippen molar-refractivity contribution in [2.45, 2.75) is 19.9 Å². The van der Waals surface area contributed by atoms with Gasteiger partial charge in [-0.05, 0) is 30.2 Å². The molecule has 2 aromatic rings. The van der Waals surface area contributed by atoms with Crippen molar-refractivity contribution in [3.05, 3.63) is 59.2 Å². The minimum Gasteiger partial charge on any atom is -0.495 e. The van der Waals surface area contributed by atoms with Gasteiger partial charge in [0, 0.05) is 12.0 Å². The number of hydrogen-bond donors (Lipinski definition) is 2. The van der Waals surface area contributed by atoms with Crippen LogP contribution in [0, 0.1) is 6.92 Å². The number of hydrogen-bond acceptors (Lipinski definition) is 2. The van der Waals surface area contributed by atoms with Crippen molar-refractivity contribution in [1.29, 1.82) is 0 Å². The third kappa shape index (κ3) is 3.71. The van der Waals surface area contributed by atoms with E-state index in [1.54, 1.807) is 7.11 Å². The summed E-state index contributed by atoms with van der Waals surface area (Å²) in [5.41, 5.74) is 4.61. The molecule has 2 aromatic carbocycles. The van der Waals surface area contributed by atoms with Crippen molar-refractivity contribution in [2.75, 3.05) is 25.5 Å². The fraction of sp³-hybridized carbons (Fsp3) is 0.316. The van der Waals surface area contributed by atoms with Crippen LogP contribution in [0.15, 0.2) is 42.5 Å². The second-order valence-electron chi connectivity index (χ2n) is 6.12. The molecule has 0 saturated heterocycles. The summed E-state index contributed by atoms with van der Waals surface area (Å²) >= 11 is 0. The Morgan fingerprint density at radius 1 is 1.22 bits per heavy atom. The molecule has 0 aliphatic carbocycles. The highest BCUT2D eigenvalue weighted by Gasteiger charge is 2.21. The summed E-state index contributed by atoms with van der Waals surface area (Å²) in [5.74, 6) is 0.728. The van der Waals surface area contributed by atoms with E-state index in [0.717, 1.165) is 30.8 Å². The van der Waals surface area contributed by atoms with Crippen LogP contribution in [0.1, 0.15) is 16.7 Å². The maximum Gasteiger partial charge on any atom is 0.279 e. The predicted octanol–water partition coefficient (Wildman–Crippen LogP) is 1.58. The molecular formula is C19H23N2O2+. The van der Waals surface area contributed by atoms with Crippen LogP contribution in [-0.2, 0) is 17.8 Å². The number of amides is 1. The zero-order chi connectivity index (χ0) is 16.2. The Morgan fingerprint density at radius 3 is 2.78 bits per heavy atom. The molecule has 1 amide bonds. The van der Waals surface area contributed by atoms with Gasteiger partial charge in [-0.3, -0.25) is 4.79 Å². The first-order valence-electron chi connectivity index (χ1n) is 8.00. The highest BCUT2D eigenvalue weighted by molar-refractivity contribution is 5.93. The van der Waals surface area contributed by atoms with Crippen LogP contribution >= 0.6 is 0 Å². The van der Waals surface area contributed by atoms with Crippen molar-refractivity contribution in [2.24, 2.45) is 0 Å². The van der Waals surface area contributed by atoms with E-state index in [4.69, 9.17) is 4.74 Å². The van der Waals surface area contributed by atoms with Gasteiger partial charge in [0.15, 0.2) is 6.54 Å². The van der Waals surface area contributed by atoms with Crippen molar-refractivity contribution < 1.29 is 14.4 Å². The third-order valence-electron chi connectivity index (χ3n) is 4.35. The number of fused-ring (bicyclic) bond motifs is 1. The molecule has 0 bridgehead atoms. The first-order chi connectivity index (χ1) is 11.2. The predicted molar refractivity (Wildman–Crippen MR) is 90.9 cm³/mol. The smallest absolute Gasteiger partial charge is 0.279 e. The molecule has 1 aliphatic rings. The van der Waals surface area contributed by atoms with Gasteiger partial charge in [0.2, 0.25) is 0 Å². The number of rotatable bonds is 4. The van der Waals surface area contributed by atoms with Crippen LogP contribution in [0.4, 0.5) is 5.69 Å². The van der Waals surface area contributed by atoms with E-state index in [-0.39, 0.29) is 5.91 Å². The Kier molecular flexibility index (Phi) is 4.63. The Morgan fingerprint density at radius 2 is 2.00 bits per heavy atom. The minimum absolute atomic E-state index is 0.0308. The molecule has 23 heavy (non-hydrogen) atoms. The van der Waals surface area contributed by atoms with Crippen LogP contribution in [0.5, 0.6) is 5.75 Å². The van der Waals surface area contributed by atoms with Gasteiger partial charge in [0.25, 0.3) is 5.91 Å². The summed E-state index contributed by atoms with van der Waals surface area (Å²) in [7, 11) is 1.62. The van der Waals surface area contributed by atoms with E-state index >= 15 is 0 Å². The van der Waals surface area contributed by atoms with Crippen LogP contribution in [-0.4, -0.2) is 26.1 Å². The molecule has 0 radical (unpaired) electrons. The van der Waals surface area contributed by atoms with E-state index in [1.165, 1.54) is 16.0 Å². The monoisotopic (exact) mass is 311 g/mol. The van der Waals surface area contributed by atoms with Gasteiger partial charge in [0.1, 0.15) is 12.3 Å². The topological polar surface area (TPSA) is 42.8 Å². The summed E-state index contributed by atoms with van der Waals surface area (Å²) < 4.78 is 5.32. The molecule has 4 heteroatoms. The molecule has 1 aliphatic heterocycles. The molecule has 120 valence electrons. The van der Waals surface area contributed by atoms with Crippen molar-refractivity contribution >= 4 is 11.6 Å². The normalized spacial score (nSPS) is 16.5. The van der Waals surface area contributed by atoms with E-state index < -0.39 is 0 Å². The van der Waals surface area contributed by atoms with E-state index in [2.05, 4.69) is 29.6 Å². The summed E-state index contributed by atoms with van der Waals surface area (Å²) in [6.07, 6.45) is 1.03. The SMILES string of the molecule is COc1ccc(C)cc1NC(=O)C[NH+]1CCc2ccccc2C1. The molecule has 0 fully saturated rings. The number of methoxy groups -OCH3 is 1. The zero-order valence-electron chi connectivity index (χ0n) is 13.7. The molecule has 1 atom stereocenters. The lowest BCUT2D eigenvalue weighted by Crippen LogP contribution is -3.12. The number of carbonyl (C=O) groups is 1. The van der Waals surface area contributed by atoms with Gasteiger partial charge in [-0.15, -0.1) is 0 Å². The zero-order valence-corrected chi connectivity index (χ0v) is 13.7. The lowest BCUT2D eigenvalue weighted by Gasteiger charge is -2.25. The number of aryl methyl sites for hydroxylation is 1. The maximum absolute atomic E-state index is 12.4. The van der Waals surface area contributed by atoms with Crippen LogP contribution in [0.25, 0.3) is 0 Å². The number of ether oxygens (including phenoxy) is 1. The number of benzene rings is 2. The van der Waals surface area contributed by atoms with Crippen LogP contribution in [0.3, 0.4) is 0 Å². The van der Waals surface area contributed by atoms with Gasteiger partial charge in [-0.2, -0.15) is 0 Å². The van der Waals surface area contributed by atoms with Crippen molar-refractivity contribution in [3.63, 3.8) is 0 Å². The fourth-order valence-electron chi connectivity index (χ4n) is 3.13. The molecule has 0 spiro atoms. The Balaban J connectivity index is 1.63. The van der Waals surface area contributed by atoms with Gasteiger partial charge in [-0.1, -0.05) is 30.3 Å². The highest BCUT2D eigenvalue weighted by Crippen LogP contribution is 2.24. The van der Waals surface area contributed by atoms with Crippen molar-refractivity contribution in [3.8, 4) is 5.75 Å². The number of nitrogens with one attached hydrogen (secondary N) is 2. The third-order valence-corrected chi connectivity index (χ3v) is 4.35. The molecule has 1 unspecified atom stereocenters. The minimum atomic E-state index is 0.0308. The number of quaternary nitrogens is 1. The second kappa shape index (κ2) is 6.84. The summed E-state index contributed by atoms with van der Waals surface area (Å²) in [6, 6.07) is 14.3. The Labute approximate surface area is 137 Å². The van der Waals surface area contributed by atoms with E-state index in [0.29, 0.717) is 12.3 Å². The van der Waals surface area contributed by atoms with Crippen LogP contribution in [0.2, 0.25) is 0 Å². The molecule has 1 heterocycles. The fourth-order valence-corrected chi connectivity index (χ4v) is 3.13. The largest absolute Gasteiger partial charge is 0.495 e. The molecule has 2 N–H and O–H groups in total. The highest BCUT2D eigenvalue weighted by atomic mass is 16.5. The van der Waals surface area contributed by atoms with Gasteiger partial charge < -0.3 is 15.0 Å². The Hall–Kier alpha value is -2.33. The average Bonchev–Trinajstić information content (AvgIpc) is 2.55. The lowest BCUT2D eigenvalue weighted by atomic mass is 10.00. The van der Waals surface area contributed by atoms with Crippen LogP contribution < -0.4 is 15.0 Å². The maximum atomic E-state index is 12.4. The first kappa shape index (κ1) is 15.6. The van der Waals surface area contributed by atoms with Gasteiger partial charge in [0.05, 0.1) is 19.3 Å².